The number of halogens is 3. The Morgan fingerprint density at radius 1 is 1.30 bits per heavy atom. The predicted molar refractivity (Wildman–Crippen MR) is 68.3 cm³/mol. The highest BCUT2D eigenvalue weighted by Crippen LogP contribution is 2.17. The number of alkyl carbamates (subject to hydrolysis) is 1. The number of nitrogens with zero attached hydrogens (tertiary/aromatic N) is 1. The molecule has 0 heterocycles. The van der Waals surface area contributed by atoms with Crippen molar-refractivity contribution in [2.75, 3.05) is 27.2 Å². The topological polar surface area (TPSA) is 41.6 Å². The van der Waals surface area contributed by atoms with Gasteiger partial charge in [0.05, 0.1) is 6.04 Å². The number of amides is 1. The Morgan fingerprint density at radius 3 is 2.40 bits per heavy atom. The van der Waals surface area contributed by atoms with Crippen molar-refractivity contribution in [3.8, 4) is 0 Å². The Hall–Kier alpha value is -1.76. The van der Waals surface area contributed by atoms with Gasteiger partial charge in [0, 0.05) is 6.54 Å². The summed E-state index contributed by atoms with van der Waals surface area (Å²) in [7, 11) is 3.64. The largest absolute Gasteiger partial charge is 0.440 e. The fourth-order valence-electron chi connectivity index (χ4n) is 1.65. The number of likely N-dealkylation sites (N-methyl/N-ethyl adjacent to an activating group) is 1. The lowest BCUT2D eigenvalue weighted by Gasteiger charge is -2.25. The Bertz CT molecular complexity index is 421. The highest BCUT2D eigenvalue weighted by atomic mass is 19.4. The van der Waals surface area contributed by atoms with Crippen molar-refractivity contribution in [3.63, 3.8) is 0 Å². The minimum Gasteiger partial charge on any atom is -0.440 e. The first-order valence-corrected chi connectivity index (χ1v) is 5.98. The van der Waals surface area contributed by atoms with Crippen molar-refractivity contribution in [2.24, 2.45) is 0 Å². The smallest absolute Gasteiger partial charge is 0.422 e. The summed E-state index contributed by atoms with van der Waals surface area (Å²) < 4.78 is 39.8. The average Bonchev–Trinajstić information content (AvgIpc) is 2.36. The summed E-state index contributed by atoms with van der Waals surface area (Å²) in [5.41, 5.74) is 0.952. The Labute approximate surface area is 115 Å². The van der Waals surface area contributed by atoms with Gasteiger partial charge in [0.1, 0.15) is 0 Å². The van der Waals surface area contributed by atoms with Crippen LogP contribution in [-0.4, -0.2) is 44.4 Å². The van der Waals surface area contributed by atoms with Crippen LogP contribution in [-0.2, 0) is 4.74 Å². The van der Waals surface area contributed by atoms with Crippen molar-refractivity contribution in [2.45, 2.75) is 12.2 Å². The van der Waals surface area contributed by atoms with Gasteiger partial charge in [-0.15, -0.1) is 0 Å². The molecule has 0 aliphatic carbocycles. The summed E-state index contributed by atoms with van der Waals surface area (Å²) >= 11 is 0. The third kappa shape index (κ3) is 5.92. The van der Waals surface area contributed by atoms with Crippen molar-refractivity contribution in [3.05, 3.63) is 35.9 Å². The molecular weight excluding hydrogens is 273 g/mol. The van der Waals surface area contributed by atoms with Crippen LogP contribution in [0, 0.1) is 0 Å². The standard InChI is InChI=1S/C13H17F3N2O2/c1-18(2)11(10-6-4-3-5-7-10)8-17-12(19)20-9-13(14,15)16/h3-7,11H,8-9H2,1-2H3,(H,17,19). The van der Waals surface area contributed by atoms with E-state index in [0.717, 1.165) is 5.56 Å². The summed E-state index contributed by atoms with van der Waals surface area (Å²) in [6.45, 7) is -1.43. The minimum atomic E-state index is -4.52. The molecule has 0 aliphatic heterocycles. The number of nitrogens with one attached hydrogen (secondary N) is 1. The number of carbonyl (C=O) groups is 1. The van der Waals surface area contributed by atoms with E-state index in [0.29, 0.717) is 0 Å². The Morgan fingerprint density at radius 2 is 1.90 bits per heavy atom. The molecule has 1 N–H and O–H groups in total. The number of rotatable bonds is 5. The van der Waals surface area contributed by atoms with Gasteiger partial charge in [-0.2, -0.15) is 13.2 Å². The highest BCUT2D eigenvalue weighted by molar-refractivity contribution is 5.67. The first-order chi connectivity index (χ1) is 9.29. The van der Waals surface area contributed by atoms with Gasteiger partial charge in [-0.25, -0.2) is 4.79 Å². The summed E-state index contributed by atoms with van der Waals surface area (Å²) in [6.07, 6.45) is -5.59. The summed E-state index contributed by atoms with van der Waals surface area (Å²) in [5.74, 6) is 0. The molecule has 0 radical (unpaired) electrons. The van der Waals surface area contributed by atoms with E-state index in [9.17, 15) is 18.0 Å². The van der Waals surface area contributed by atoms with E-state index in [2.05, 4.69) is 10.1 Å². The molecule has 0 saturated heterocycles. The lowest BCUT2D eigenvalue weighted by atomic mass is 10.1. The maximum absolute atomic E-state index is 11.9. The van der Waals surface area contributed by atoms with E-state index in [1.807, 2.05) is 49.3 Å². The van der Waals surface area contributed by atoms with Gasteiger partial charge in [-0.3, -0.25) is 0 Å². The molecule has 1 atom stereocenters. The lowest BCUT2D eigenvalue weighted by molar-refractivity contribution is -0.160. The maximum Gasteiger partial charge on any atom is 0.422 e. The molecule has 112 valence electrons. The quantitative estimate of drug-likeness (QED) is 0.906. The molecule has 0 aromatic heterocycles. The lowest BCUT2D eigenvalue weighted by Crippen LogP contribution is -2.36. The number of hydrogen-bond donors (Lipinski definition) is 1. The Kier molecular flexibility index (Phi) is 5.82. The fourth-order valence-corrected chi connectivity index (χ4v) is 1.65. The van der Waals surface area contributed by atoms with Gasteiger partial charge in [-0.05, 0) is 19.7 Å². The van der Waals surface area contributed by atoms with E-state index < -0.39 is 18.9 Å². The predicted octanol–water partition coefficient (Wildman–Crippen LogP) is 2.58. The maximum atomic E-state index is 11.9. The van der Waals surface area contributed by atoms with Crippen LogP contribution in [0.25, 0.3) is 0 Å². The zero-order chi connectivity index (χ0) is 15.2. The van der Waals surface area contributed by atoms with Crippen LogP contribution in [0.5, 0.6) is 0 Å². The van der Waals surface area contributed by atoms with Gasteiger partial charge >= 0.3 is 12.3 Å². The number of hydrogen-bond acceptors (Lipinski definition) is 3. The third-order valence-corrected chi connectivity index (χ3v) is 2.61. The zero-order valence-electron chi connectivity index (χ0n) is 11.3. The molecule has 1 amide bonds. The molecule has 1 unspecified atom stereocenters. The molecule has 20 heavy (non-hydrogen) atoms. The number of carbonyl (C=O) groups excluding carboxylic acids is 1. The van der Waals surface area contributed by atoms with E-state index in [1.54, 1.807) is 0 Å². The summed E-state index contributed by atoms with van der Waals surface area (Å²) in [5, 5.41) is 2.33. The second kappa shape index (κ2) is 7.14. The molecule has 1 aromatic rings. The van der Waals surface area contributed by atoms with Crippen LogP contribution in [0.1, 0.15) is 11.6 Å². The highest BCUT2D eigenvalue weighted by Gasteiger charge is 2.29. The third-order valence-electron chi connectivity index (χ3n) is 2.61. The van der Waals surface area contributed by atoms with Crippen LogP contribution >= 0.6 is 0 Å². The molecule has 7 heteroatoms. The molecule has 1 aromatic carbocycles. The Balaban J connectivity index is 2.50. The van der Waals surface area contributed by atoms with E-state index >= 15 is 0 Å². The molecule has 0 bridgehead atoms. The van der Waals surface area contributed by atoms with Gasteiger partial charge in [0.25, 0.3) is 0 Å². The summed E-state index contributed by atoms with van der Waals surface area (Å²) in [4.78, 5) is 13.1. The van der Waals surface area contributed by atoms with Crippen LogP contribution in [0.4, 0.5) is 18.0 Å². The van der Waals surface area contributed by atoms with Crippen LogP contribution in [0.2, 0.25) is 0 Å². The number of ether oxygens (including phenoxy) is 1. The summed E-state index contributed by atoms with van der Waals surface area (Å²) in [6, 6.07) is 9.19. The van der Waals surface area contributed by atoms with Crippen LogP contribution in [0.3, 0.4) is 0 Å². The normalized spacial score (nSPS) is 13.1. The zero-order valence-corrected chi connectivity index (χ0v) is 11.3. The minimum absolute atomic E-state index is 0.144. The molecule has 0 aliphatic rings. The van der Waals surface area contributed by atoms with E-state index in [-0.39, 0.29) is 12.6 Å². The molecule has 0 saturated carbocycles. The molecular formula is C13H17F3N2O2. The van der Waals surface area contributed by atoms with Gasteiger partial charge in [-0.1, -0.05) is 30.3 Å². The van der Waals surface area contributed by atoms with Crippen LogP contribution < -0.4 is 5.32 Å². The van der Waals surface area contributed by atoms with E-state index in [1.165, 1.54) is 0 Å². The molecule has 1 rings (SSSR count). The van der Waals surface area contributed by atoms with Crippen molar-refractivity contribution < 1.29 is 22.7 Å². The molecule has 0 fully saturated rings. The first kappa shape index (κ1) is 16.3. The van der Waals surface area contributed by atoms with E-state index in [4.69, 9.17) is 0 Å². The number of alkyl halides is 3. The van der Waals surface area contributed by atoms with Crippen molar-refractivity contribution in [1.29, 1.82) is 0 Å². The second-order valence-electron chi connectivity index (χ2n) is 4.46. The van der Waals surface area contributed by atoms with Gasteiger partial charge < -0.3 is 15.0 Å². The van der Waals surface area contributed by atoms with Crippen molar-refractivity contribution >= 4 is 6.09 Å². The molecule has 4 nitrogen and oxygen atoms in total. The SMILES string of the molecule is CN(C)C(CNC(=O)OCC(F)(F)F)c1ccccc1. The number of benzene rings is 1. The average molecular weight is 290 g/mol. The first-order valence-electron chi connectivity index (χ1n) is 5.98. The van der Waals surface area contributed by atoms with Gasteiger partial charge in [0.15, 0.2) is 6.61 Å². The van der Waals surface area contributed by atoms with Crippen LogP contribution in [0.15, 0.2) is 30.3 Å². The second-order valence-corrected chi connectivity index (χ2v) is 4.46. The fraction of sp³-hybridized carbons (Fsp3) is 0.462. The van der Waals surface area contributed by atoms with Crippen molar-refractivity contribution in [1.82, 2.24) is 10.2 Å². The molecule has 0 spiro atoms. The monoisotopic (exact) mass is 290 g/mol. The van der Waals surface area contributed by atoms with Gasteiger partial charge in [0.2, 0.25) is 0 Å².